The van der Waals surface area contributed by atoms with Crippen LogP contribution in [0.3, 0.4) is 0 Å². The van der Waals surface area contributed by atoms with Crippen LogP contribution in [-0.4, -0.2) is 71.7 Å². The summed E-state index contributed by atoms with van der Waals surface area (Å²) in [6, 6.07) is 16.4. The predicted octanol–water partition coefficient (Wildman–Crippen LogP) is 3.40. The van der Waals surface area contributed by atoms with Crippen molar-refractivity contribution in [1.29, 1.82) is 0 Å². The van der Waals surface area contributed by atoms with Crippen molar-refractivity contribution in [3.63, 3.8) is 0 Å². The Morgan fingerprint density at radius 3 is 2.33 bits per heavy atom. The number of para-hydroxylation sites is 1. The van der Waals surface area contributed by atoms with Crippen molar-refractivity contribution < 1.29 is 13.7 Å². The summed E-state index contributed by atoms with van der Waals surface area (Å²) in [5.74, 6) is 1.21. The fourth-order valence-corrected chi connectivity index (χ4v) is 4.60. The van der Waals surface area contributed by atoms with Gasteiger partial charge in [0.2, 0.25) is 17.6 Å². The number of rotatable bonds is 5. The van der Waals surface area contributed by atoms with Gasteiger partial charge in [-0.25, -0.2) is 4.39 Å². The minimum Gasteiger partial charge on any atom is -0.368 e. The van der Waals surface area contributed by atoms with Gasteiger partial charge in [0.05, 0.1) is 6.54 Å². The van der Waals surface area contributed by atoms with Gasteiger partial charge in [-0.2, -0.15) is 4.98 Å². The maximum atomic E-state index is 13.1. The third-order valence-electron chi connectivity index (χ3n) is 6.59. The molecule has 2 aromatic carbocycles. The Morgan fingerprint density at radius 2 is 1.64 bits per heavy atom. The molecule has 172 valence electrons. The van der Waals surface area contributed by atoms with E-state index >= 15 is 0 Å². The topological polar surface area (TPSA) is 65.7 Å². The van der Waals surface area contributed by atoms with E-state index in [0.717, 1.165) is 57.7 Å². The van der Waals surface area contributed by atoms with Crippen LogP contribution in [0, 0.1) is 5.82 Å². The average Bonchev–Trinajstić information content (AvgIpc) is 3.36. The van der Waals surface area contributed by atoms with Crippen molar-refractivity contribution in [2.45, 2.75) is 18.8 Å². The van der Waals surface area contributed by atoms with Gasteiger partial charge in [0.15, 0.2) is 0 Å². The number of piperidine rings is 1. The number of carbonyl (C=O) groups is 1. The number of halogens is 1. The largest absolute Gasteiger partial charge is 0.368 e. The number of aromatic nitrogens is 2. The molecule has 7 nitrogen and oxygen atoms in total. The Kier molecular flexibility index (Phi) is 6.35. The van der Waals surface area contributed by atoms with Crippen molar-refractivity contribution in [3.05, 3.63) is 66.3 Å². The first-order valence-electron chi connectivity index (χ1n) is 11.6. The van der Waals surface area contributed by atoms with Gasteiger partial charge in [-0.1, -0.05) is 23.4 Å². The highest BCUT2D eigenvalue weighted by atomic mass is 19.1. The molecule has 1 amide bonds. The average molecular weight is 450 g/mol. The Hall–Kier alpha value is -3.26. The Balaban J connectivity index is 1.09. The van der Waals surface area contributed by atoms with Gasteiger partial charge in [0.1, 0.15) is 5.82 Å². The molecular formula is C25H28FN5O2. The molecule has 0 unspecified atom stereocenters. The minimum absolute atomic E-state index is 0.187. The molecule has 2 aliphatic rings. The minimum atomic E-state index is -0.289. The zero-order chi connectivity index (χ0) is 22.6. The van der Waals surface area contributed by atoms with Crippen LogP contribution in [0.5, 0.6) is 0 Å². The number of nitrogens with zero attached hydrogens (tertiary/aromatic N) is 5. The predicted molar refractivity (Wildman–Crippen MR) is 123 cm³/mol. The van der Waals surface area contributed by atoms with Crippen LogP contribution in [0.4, 0.5) is 10.1 Å². The molecule has 2 fully saturated rings. The van der Waals surface area contributed by atoms with Gasteiger partial charge < -0.3 is 14.3 Å². The van der Waals surface area contributed by atoms with Gasteiger partial charge >= 0.3 is 0 Å². The maximum Gasteiger partial charge on any atom is 0.236 e. The molecule has 8 heteroatoms. The van der Waals surface area contributed by atoms with Crippen LogP contribution in [0.25, 0.3) is 11.4 Å². The van der Waals surface area contributed by atoms with E-state index in [1.165, 1.54) is 17.8 Å². The molecule has 1 aromatic heterocycles. The molecule has 0 N–H and O–H groups in total. The third kappa shape index (κ3) is 5.06. The molecule has 5 rings (SSSR count). The highest BCUT2D eigenvalue weighted by molar-refractivity contribution is 5.78. The van der Waals surface area contributed by atoms with E-state index in [2.05, 4.69) is 32.1 Å². The van der Waals surface area contributed by atoms with E-state index in [9.17, 15) is 9.18 Å². The first kappa shape index (κ1) is 21.6. The Labute approximate surface area is 192 Å². The van der Waals surface area contributed by atoms with E-state index in [0.29, 0.717) is 18.3 Å². The van der Waals surface area contributed by atoms with Crippen molar-refractivity contribution in [1.82, 2.24) is 19.9 Å². The fourth-order valence-electron chi connectivity index (χ4n) is 4.60. The molecule has 0 atom stereocenters. The Bertz CT molecular complexity index is 1060. The quantitative estimate of drug-likeness (QED) is 0.595. The van der Waals surface area contributed by atoms with E-state index in [1.807, 2.05) is 23.1 Å². The first-order valence-corrected chi connectivity index (χ1v) is 11.6. The molecule has 3 heterocycles. The van der Waals surface area contributed by atoms with Crippen LogP contribution in [0.15, 0.2) is 59.1 Å². The van der Waals surface area contributed by atoms with E-state index < -0.39 is 0 Å². The van der Waals surface area contributed by atoms with E-state index in [1.54, 1.807) is 12.1 Å². The number of likely N-dealkylation sites (tertiary alicyclic amines) is 1. The standard InChI is InChI=1S/C25H28FN5O2/c26-21-8-6-19(7-9-21)24-27-25(33-28-24)20-10-12-29(13-11-20)18-23(32)31-16-14-30(15-17-31)22-4-2-1-3-5-22/h1-9,20H,10-18H2. The number of anilines is 1. The first-order chi connectivity index (χ1) is 16.2. The molecular weight excluding hydrogens is 421 g/mol. The lowest BCUT2D eigenvalue weighted by Gasteiger charge is -2.37. The number of hydrogen-bond acceptors (Lipinski definition) is 6. The summed E-state index contributed by atoms with van der Waals surface area (Å²) in [7, 11) is 0. The van der Waals surface area contributed by atoms with Crippen molar-refractivity contribution in [2.24, 2.45) is 0 Å². The lowest BCUT2D eigenvalue weighted by Crippen LogP contribution is -2.51. The number of piperazine rings is 1. The van der Waals surface area contributed by atoms with Gasteiger partial charge in [-0.3, -0.25) is 9.69 Å². The zero-order valence-electron chi connectivity index (χ0n) is 18.6. The highest BCUT2D eigenvalue weighted by Gasteiger charge is 2.28. The molecule has 2 saturated heterocycles. The van der Waals surface area contributed by atoms with Gasteiger partial charge in [-0.15, -0.1) is 0 Å². The monoisotopic (exact) mass is 449 g/mol. The molecule has 0 saturated carbocycles. The smallest absolute Gasteiger partial charge is 0.236 e. The van der Waals surface area contributed by atoms with Crippen LogP contribution < -0.4 is 4.90 Å². The molecule has 0 bridgehead atoms. The molecule has 2 aliphatic heterocycles. The number of benzene rings is 2. The second-order valence-electron chi connectivity index (χ2n) is 8.72. The summed E-state index contributed by atoms with van der Waals surface area (Å²) in [6.45, 7) is 5.37. The zero-order valence-corrected chi connectivity index (χ0v) is 18.6. The van der Waals surface area contributed by atoms with Gasteiger partial charge in [0, 0.05) is 43.3 Å². The van der Waals surface area contributed by atoms with Crippen molar-refractivity contribution in [3.8, 4) is 11.4 Å². The lowest BCUT2D eigenvalue weighted by molar-refractivity contribution is -0.133. The second kappa shape index (κ2) is 9.70. The molecule has 0 aliphatic carbocycles. The van der Waals surface area contributed by atoms with Crippen LogP contribution in [-0.2, 0) is 4.79 Å². The fraction of sp³-hybridized carbons (Fsp3) is 0.400. The summed E-state index contributed by atoms with van der Waals surface area (Å²) in [5.41, 5.74) is 1.96. The van der Waals surface area contributed by atoms with Crippen LogP contribution >= 0.6 is 0 Å². The number of hydrogen-bond donors (Lipinski definition) is 0. The summed E-state index contributed by atoms with van der Waals surface area (Å²) in [6.07, 6.45) is 1.75. The second-order valence-corrected chi connectivity index (χ2v) is 8.72. The van der Waals surface area contributed by atoms with E-state index in [-0.39, 0.29) is 17.6 Å². The van der Waals surface area contributed by atoms with Gasteiger partial charge in [-0.05, 0) is 62.3 Å². The normalized spacial score (nSPS) is 18.0. The summed E-state index contributed by atoms with van der Waals surface area (Å²) in [5, 5.41) is 4.06. The molecule has 33 heavy (non-hydrogen) atoms. The lowest BCUT2D eigenvalue weighted by atomic mass is 9.96. The summed E-state index contributed by atoms with van der Waals surface area (Å²) >= 11 is 0. The van der Waals surface area contributed by atoms with Crippen LogP contribution in [0.2, 0.25) is 0 Å². The van der Waals surface area contributed by atoms with Gasteiger partial charge in [0.25, 0.3) is 0 Å². The molecule has 0 spiro atoms. The van der Waals surface area contributed by atoms with Crippen molar-refractivity contribution >= 4 is 11.6 Å². The molecule has 3 aromatic rings. The number of carbonyl (C=O) groups excluding carboxylic acids is 1. The highest BCUT2D eigenvalue weighted by Crippen LogP contribution is 2.28. The Morgan fingerprint density at radius 1 is 0.939 bits per heavy atom. The summed E-state index contributed by atoms with van der Waals surface area (Å²) in [4.78, 5) is 23.9. The third-order valence-corrected chi connectivity index (χ3v) is 6.59. The number of amides is 1. The van der Waals surface area contributed by atoms with E-state index in [4.69, 9.17) is 4.52 Å². The summed E-state index contributed by atoms with van der Waals surface area (Å²) < 4.78 is 18.6. The SMILES string of the molecule is O=C(CN1CCC(c2nc(-c3ccc(F)cc3)no2)CC1)N1CCN(c2ccccc2)CC1. The maximum absolute atomic E-state index is 13.1. The van der Waals surface area contributed by atoms with Crippen molar-refractivity contribution in [2.75, 3.05) is 50.7 Å². The molecule has 0 radical (unpaired) electrons. The van der Waals surface area contributed by atoms with Crippen LogP contribution in [0.1, 0.15) is 24.7 Å².